The van der Waals surface area contributed by atoms with Crippen LogP contribution in [0.4, 0.5) is 10.1 Å². The summed E-state index contributed by atoms with van der Waals surface area (Å²) in [6.07, 6.45) is 2.05. The molecule has 1 atom stereocenters. The van der Waals surface area contributed by atoms with Gasteiger partial charge in [-0.25, -0.2) is 4.39 Å². The Morgan fingerprint density at radius 1 is 1.27 bits per heavy atom. The van der Waals surface area contributed by atoms with Gasteiger partial charge in [0, 0.05) is 18.8 Å². The van der Waals surface area contributed by atoms with Gasteiger partial charge in [-0.15, -0.1) is 24.2 Å². The van der Waals surface area contributed by atoms with Crippen molar-refractivity contribution in [3.8, 4) is 0 Å². The molecule has 0 saturated carbocycles. The van der Waals surface area contributed by atoms with E-state index in [9.17, 15) is 14.0 Å². The lowest BCUT2D eigenvalue weighted by Crippen LogP contribution is -2.43. The van der Waals surface area contributed by atoms with Crippen LogP contribution in [0, 0.1) is 11.7 Å². The number of piperidine rings is 1. The van der Waals surface area contributed by atoms with Crippen LogP contribution in [0.1, 0.15) is 19.8 Å². The lowest BCUT2D eigenvalue weighted by molar-refractivity contribution is -0.131. The summed E-state index contributed by atoms with van der Waals surface area (Å²) in [6.45, 7) is 4.42. The molecular weight excluding hydrogens is 377 g/mol. The van der Waals surface area contributed by atoms with E-state index in [0.29, 0.717) is 11.6 Å². The Morgan fingerprint density at radius 3 is 2.46 bits per heavy atom. The standard InChI is InChI=1S/C18H26FN3O2S.ClH/c1-13(18(24)22-9-7-14(8-10-22)11-20-2)25-12-17(23)21-16-5-3-15(19)4-6-16;/h3-6,13-14,20H,7-12H2,1-2H3,(H,21,23);1H. The number of rotatable bonds is 7. The average Bonchev–Trinajstić information content (AvgIpc) is 2.62. The highest BCUT2D eigenvalue weighted by atomic mass is 35.5. The average molecular weight is 404 g/mol. The highest BCUT2D eigenvalue weighted by Crippen LogP contribution is 2.20. The smallest absolute Gasteiger partial charge is 0.235 e. The summed E-state index contributed by atoms with van der Waals surface area (Å²) in [5.74, 6) is 0.399. The van der Waals surface area contributed by atoms with Crippen LogP contribution >= 0.6 is 24.2 Å². The van der Waals surface area contributed by atoms with Crippen molar-refractivity contribution in [3.05, 3.63) is 30.1 Å². The molecule has 1 saturated heterocycles. The number of halogens is 2. The van der Waals surface area contributed by atoms with Crippen molar-refractivity contribution in [2.45, 2.75) is 25.0 Å². The second-order valence-electron chi connectivity index (χ2n) is 6.33. The van der Waals surface area contributed by atoms with Crippen molar-refractivity contribution in [2.24, 2.45) is 5.92 Å². The fraction of sp³-hybridized carbons (Fsp3) is 0.556. The van der Waals surface area contributed by atoms with Gasteiger partial charge in [0.25, 0.3) is 0 Å². The number of anilines is 1. The third-order valence-electron chi connectivity index (χ3n) is 4.36. The topological polar surface area (TPSA) is 61.4 Å². The van der Waals surface area contributed by atoms with E-state index in [1.54, 1.807) is 0 Å². The van der Waals surface area contributed by atoms with E-state index in [1.165, 1.54) is 36.0 Å². The molecular formula is C18H27ClFN3O2S. The zero-order chi connectivity index (χ0) is 18.2. The second-order valence-corrected chi connectivity index (χ2v) is 7.66. The number of thioether (sulfide) groups is 1. The summed E-state index contributed by atoms with van der Waals surface area (Å²) in [5, 5.41) is 5.64. The molecule has 1 aliphatic rings. The lowest BCUT2D eigenvalue weighted by Gasteiger charge is -2.33. The van der Waals surface area contributed by atoms with Gasteiger partial charge in [-0.2, -0.15) is 0 Å². The molecule has 1 unspecified atom stereocenters. The predicted molar refractivity (Wildman–Crippen MR) is 107 cm³/mol. The number of hydrogen-bond acceptors (Lipinski definition) is 4. The molecule has 1 heterocycles. The van der Waals surface area contributed by atoms with E-state index in [4.69, 9.17) is 0 Å². The maximum Gasteiger partial charge on any atom is 0.235 e. The molecule has 26 heavy (non-hydrogen) atoms. The molecule has 0 aromatic heterocycles. The van der Waals surface area contributed by atoms with Crippen LogP contribution < -0.4 is 10.6 Å². The van der Waals surface area contributed by atoms with Gasteiger partial charge in [0.05, 0.1) is 11.0 Å². The quantitative estimate of drug-likeness (QED) is 0.734. The normalized spacial score (nSPS) is 15.9. The van der Waals surface area contributed by atoms with Crippen molar-refractivity contribution in [3.63, 3.8) is 0 Å². The Balaban J connectivity index is 0.00000338. The third-order valence-corrected chi connectivity index (χ3v) is 5.49. The largest absolute Gasteiger partial charge is 0.342 e. The SMILES string of the molecule is CNCC1CCN(C(=O)C(C)SCC(=O)Nc2ccc(F)cc2)CC1.Cl. The molecule has 1 aromatic rings. The molecule has 0 aliphatic carbocycles. The van der Waals surface area contributed by atoms with Crippen molar-refractivity contribution in [1.82, 2.24) is 10.2 Å². The number of nitrogens with one attached hydrogen (secondary N) is 2. The number of benzene rings is 1. The molecule has 0 radical (unpaired) electrons. The third kappa shape index (κ3) is 7.13. The summed E-state index contributed by atoms with van der Waals surface area (Å²) < 4.78 is 12.8. The fourth-order valence-corrected chi connectivity index (χ4v) is 3.67. The van der Waals surface area contributed by atoms with Gasteiger partial charge in [-0.3, -0.25) is 9.59 Å². The van der Waals surface area contributed by atoms with Gasteiger partial charge in [0.1, 0.15) is 5.82 Å². The van der Waals surface area contributed by atoms with Crippen LogP contribution in [0.3, 0.4) is 0 Å². The first-order chi connectivity index (χ1) is 12.0. The number of hydrogen-bond donors (Lipinski definition) is 2. The number of carbonyl (C=O) groups is 2. The van der Waals surface area contributed by atoms with Gasteiger partial charge in [-0.05, 0) is 63.5 Å². The minimum Gasteiger partial charge on any atom is -0.342 e. The van der Waals surface area contributed by atoms with Crippen LogP contribution in [-0.4, -0.2) is 54.4 Å². The Kier molecular flexibility index (Phi) is 9.98. The molecule has 1 fully saturated rings. The first-order valence-electron chi connectivity index (χ1n) is 8.60. The molecule has 0 spiro atoms. The summed E-state index contributed by atoms with van der Waals surface area (Å²) in [5.41, 5.74) is 0.553. The van der Waals surface area contributed by atoms with Gasteiger partial charge >= 0.3 is 0 Å². The molecule has 8 heteroatoms. The molecule has 1 aromatic carbocycles. The molecule has 146 valence electrons. The molecule has 2 amide bonds. The number of nitrogens with zero attached hydrogens (tertiary/aromatic N) is 1. The van der Waals surface area contributed by atoms with Crippen molar-refractivity contribution in [2.75, 3.05) is 37.8 Å². The van der Waals surface area contributed by atoms with Crippen LogP contribution in [0.5, 0.6) is 0 Å². The fourth-order valence-electron chi connectivity index (χ4n) is 2.91. The molecule has 0 bridgehead atoms. The highest BCUT2D eigenvalue weighted by Gasteiger charge is 2.26. The summed E-state index contributed by atoms with van der Waals surface area (Å²) >= 11 is 1.33. The van der Waals surface area contributed by atoms with E-state index in [1.807, 2.05) is 18.9 Å². The van der Waals surface area contributed by atoms with Crippen molar-refractivity contribution < 1.29 is 14.0 Å². The monoisotopic (exact) mass is 403 g/mol. The number of amides is 2. The Bertz CT molecular complexity index is 580. The van der Waals surface area contributed by atoms with E-state index in [-0.39, 0.29) is 41.0 Å². The summed E-state index contributed by atoms with van der Waals surface area (Å²) in [7, 11) is 1.95. The maximum absolute atomic E-state index is 12.8. The van der Waals surface area contributed by atoms with Crippen LogP contribution in [-0.2, 0) is 9.59 Å². The first kappa shape index (κ1) is 22.7. The molecule has 1 aliphatic heterocycles. The van der Waals surface area contributed by atoms with Crippen molar-refractivity contribution >= 4 is 41.7 Å². The minimum atomic E-state index is -0.343. The summed E-state index contributed by atoms with van der Waals surface area (Å²) in [6, 6.07) is 5.63. The van der Waals surface area contributed by atoms with E-state index >= 15 is 0 Å². The van der Waals surface area contributed by atoms with Gasteiger partial charge < -0.3 is 15.5 Å². The van der Waals surface area contributed by atoms with E-state index in [2.05, 4.69) is 10.6 Å². The van der Waals surface area contributed by atoms with Crippen molar-refractivity contribution in [1.29, 1.82) is 0 Å². The Morgan fingerprint density at radius 2 is 1.88 bits per heavy atom. The number of likely N-dealkylation sites (tertiary alicyclic amines) is 1. The van der Waals surface area contributed by atoms with Crippen LogP contribution in [0.2, 0.25) is 0 Å². The molecule has 5 nitrogen and oxygen atoms in total. The predicted octanol–water partition coefficient (Wildman–Crippen LogP) is 2.77. The Hall–Kier alpha value is -1.31. The lowest BCUT2D eigenvalue weighted by atomic mass is 9.97. The van der Waals surface area contributed by atoms with Crippen LogP contribution in [0.15, 0.2) is 24.3 Å². The maximum atomic E-state index is 12.8. The zero-order valence-corrected chi connectivity index (χ0v) is 16.8. The zero-order valence-electron chi connectivity index (χ0n) is 15.2. The highest BCUT2D eigenvalue weighted by molar-refractivity contribution is 8.01. The first-order valence-corrected chi connectivity index (χ1v) is 9.65. The molecule has 2 N–H and O–H groups in total. The van der Waals surface area contributed by atoms with E-state index in [0.717, 1.165) is 32.5 Å². The Labute approximate surface area is 164 Å². The van der Waals surface area contributed by atoms with Gasteiger partial charge in [0.2, 0.25) is 11.8 Å². The molecule has 2 rings (SSSR count). The second kappa shape index (κ2) is 11.4. The van der Waals surface area contributed by atoms with E-state index < -0.39 is 0 Å². The minimum absolute atomic E-state index is 0. The number of carbonyl (C=O) groups excluding carboxylic acids is 2. The van der Waals surface area contributed by atoms with Gasteiger partial charge in [0.15, 0.2) is 0 Å². The summed E-state index contributed by atoms with van der Waals surface area (Å²) in [4.78, 5) is 26.3. The van der Waals surface area contributed by atoms with Gasteiger partial charge in [-0.1, -0.05) is 0 Å². The van der Waals surface area contributed by atoms with Crippen LogP contribution in [0.25, 0.3) is 0 Å².